The van der Waals surface area contributed by atoms with Crippen LogP contribution >= 0.6 is 0 Å². The van der Waals surface area contributed by atoms with E-state index in [0.717, 1.165) is 5.75 Å². The van der Waals surface area contributed by atoms with E-state index in [1.807, 2.05) is 0 Å². The molecule has 0 saturated heterocycles. The zero-order valence-corrected chi connectivity index (χ0v) is 15.2. The minimum Gasteiger partial charge on any atom is -1.00 e. The number of hydrogen-bond donors (Lipinski definition) is 0. The Balaban J connectivity index is -0.000000196. The molecule has 0 fully saturated rings. The Kier molecular flexibility index (Phi) is 16.1. The molecule has 1 aromatic carbocycles. The van der Waals surface area contributed by atoms with E-state index in [1.165, 1.54) is 24.0 Å². The van der Waals surface area contributed by atoms with E-state index in [9.17, 15) is 0 Å². The summed E-state index contributed by atoms with van der Waals surface area (Å²) >= 11 is 0. The van der Waals surface area contributed by atoms with Crippen molar-refractivity contribution in [2.24, 2.45) is 0 Å². The third-order valence-corrected chi connectivity index (χ3v) is 3.06. The molecule has 6 heteroatoms. The van der Waals surface area contributed by atoms with Crippen LogP contribution in [-0.4, -0.2) is 7.11 Å². The minimum atomic E-state index is 0. The first-order valence-corrected chi connectivity index (χ1v) is 4.81. The summed E-state index contributed by atoms with van der Waals surface area (Å²) in [5.41, 5.74) is 3.32. The molecular weight excluding hydrogens is 350 g/mol. The van der Waals surface area contributed by atoms with Crippen LogP contribution in [-0.2, 0) is 33.6 Å². The second kappa shape index (κ2) is 10.7. The van der Waals surface area contributed by atoms with Gasteiger partial charge in [0.25, 0.3) is 0 Å². The quantitative estimate of drug-likeness (QED) is 0.449. The normalized spacial score (nSPS) is 13.3. The topological polar surface area (TPSA) is 9.23 Å². The molecule has 1 aliphatic rings. The predicted molar refractivity (Wildman–Crippen MR) is 54.3 cm³/mol. The largest absolute Gasteiger partial charge is 4.00 e. The molecule has 102 valence electrons. The molecular formula is C12H16Cl4OTi. The molecule has 18 heavy (non-hydrogen) atoms. The van der Waals surface area contributed by atoms with Gasteiger partial charge in [-0.2, -0.15) is 0 Å². The molecule has 0 unspecified atom stereocenters. The van der Waals surface area contributed by atoms with Crippen molar-refractivity contribution in [3.63, 3.8) is 0 Å². The van der Waals surface area contributed by atoms with E-state index in [4.69, 9.17) is 4.74 Å². The molecule has 0 radical (unpaired) electrons. The summed E-state index contributed by atoms with van der Waals surface area (Å²) in [5, 5.41) is 0. The zero-order chi connectivity index (χ0) is 9.47. The molecule has 0 aromatic heterocycles. The second-order valence-electron chi connectivity index (χ2n) is 4.41. The van der Waals surface area contributed by atoms with Gasteiger partial charge in [-0.15, -0.1) is 0 Å². The molecule has 0 saturated carbocycles. The Hall–Kier alpha value is 0.894. The van der Waals surface area contributed by atoms with Gasteiger partial charge in [-0.25, -0.2) is 0 Å². The molecule has 0 atom stereocenters. The van der Waals surface area contributed by atoms with Gasteiger partial charge in [0.15, 0.2) is 0 Å². The first kappa shape index (κ1) is 27.3. The van der Waals surface area contributed by atoms with Gasteiger partial charge in [-0.1, -0.05) is 19.9 Å². The Morgan fingerprint density at radius 1 is 1.06 bits per heavy atom. The van der Waals surface area contributed by atoms with Crippen molar-refractivity contribution in [1.82, 2.24) is 0 Å². The number of aryl methyl sites for hydroxylation is 1. The van der Waals surface area contributed by atoms with Crippen molar-refractivity contribution in [1.29, 1.82) is 0 Å². The van der Waals surface area contributed by atoms with Crippen LogP contribution in [0.2, 0.25) is 0 Å². The van der Waals surface area contributed by atoms with Crippen molar-refractivity contribution >= 4 is 0 Å². The molecule has 0 amide bonds. The molecule has 0 N–H and O–H groups in total. The SMILES string of the molecule is COc1ccc2c(c1)CCC2(C)C.[Cl-].[Cl-].[Cl-].[Cl-].[Ti+4]. The molecule has 2 rings (SSSR count). The molecule has 0 spiro atoms. The number of rotatable bonds is 1. The van der Waals surface area contributed by atoms with E-state index < -0.39 is 0 Å². The summed E-state index contributed by atoms with van der Waals surface area (Å²) in [6.07, 6.45) is 2.45. The summed E-state index contributed by atoms with van der Waals surface area (Å²) < 4.78 is 5.21. The number of methoxy groups -OCH3 is 1. The van der Waals surface area contributed by atoms with Crippen molar-refractivity contribution in [3.8, 4) is 5.75 Å². The molecule has 0 aliphatic heterocycles. The van der Waals surface area contributed by atoms with Gasteiger partial charge in [0.2, 0.25) is 0 Å². The van der Waals surface area contributed by atoms with Gasteiger partial charge < -0.3 is 54.4 Å². The van der Waals surface area contributed by atoms with Gasteiger partial charge in [-0.05, 0) is 41.5 Å². The van der Waals surface area contributed by atoms with Crippen LogP contribution in [0.1, 0.15) is 31.4 Å². The van der Waals surface area contributed by atoms with Gasteiger partial charge in [0.1, 0.15) is 5.75 Å². The Labute approximate surface area is 149 Å². The number of halogens is 4. The van der Waals surface area contributed by atoms with Gasteiger partial charge in [0.05, 0.1) is 7.11 Å². The van der Waals surface area contributed by atoms with Crippen molar-refractivity contribution in [2.75, 3.05) is 7.11 Å². The standard InChI is InChI=1S/C12H16O.4ClH.Ti/c1-12(2)7-6-9-8-10(13-3)4-5-11(9)12;;;;;/h4-5,8H,6-7H2,1-3H3;4*1H;/q;;;;;+4/p-4. The van der Waals surface area contributed by atoms with Crippen LogP contribution in [0.15, 0.2) is 18.2 Å². The molecule has 1 aromatic rings. The van der Waals surface area contributed by atoms with Crippen LogP contribution in [0, 0.1) is 0 Å². The summed E-state index contributed by atoms with van der Waals surface area (Å²) in [4.78, 5) is 0. The van der Waals surface area contributed by atoms with Crippen molar-refractivity contribution in [3.05, 3.63) is 29.3 Å². The Bertz CT molecular complexity index is 345. The van der Waals surface area contributed by atoms with E-state index in [0.29, 0.717) is 5.41 Å². The van der Waals surface area contributed by atoms with Crippen LogP contribution in [0.3, 0.4) is 0 Å². The first-order valence-electron chi connectivity index (χ1n) is 4.81. The van der Waals surface area contributed by atoms with Gasteiger partial charge in [-0.3, -0.25) is 0 Å². The van der Waals surface area contributed by atoms with Crippen molar-refractivity contribution < 1.29 is 76.1 Å². The maximum Gasteiger partial charge on any atom is 4.00 e. The predicted octanol–water partition coefficient (Wildman–Crippen LogP) is -9.07. The number of benzene rings is 1. The van der Waals surface area contributed by atoms with Crippen LogP contribution in [0.25, 0.3) is 0 Å². The Morgan fingerprint density at radius 3 is 2.11 bits per heavy atom. The minimum absolute atomic E-state index is 0. The maximum atomic E-state index is 5.21. The smallest absolute Gasteiger partial charge is 1.00 e. The molecule has 1 nitrogen and oxygen atoms in total. The third-order valence-electron chi connectivity index (χ3n) is 3.06. The zero-order valence-electron chi connectivity index (χ0n) is 10.6. The van der Waals surface area contributed by atoms with Gasteiger partial charge in [0, 0.05) is 0 Å². The Morgan fingerprint density at radius 2 is 1.61 bits per heavy atom. The number of hydrogen-bond acceptors (Lipinski definition) is 1. The summed E-state index contributed by atoms with van der Waals surface area (Å²) in [5.74, 6) is 0.983. The van der Waals surface area contributed by atoms with Crippen LogP contribution in [0.5, 0.6) is 5.75 Å². The average molecular weight is 366 g/mol. The molecule has 1 aliphatic carbocycles. The fraction of sp³-hybridized carbons (Fsp3) is 0.500. The number of fused-ring (bicyclic) bond motifs is 1. The van der Waals surface area contributed by atoms with E-state index in [2.05, 4.69) is 32.0 Å². The van der Waals surface area contributed by atoms with E-state index in [1.54, 1.807) is 7.11 Å². The second-order valence-corrected chi connectivity index (χ2v) is 4.41. The van der Waals surface area contributed by atoms with Gasteiger partial charge >= 0.3 is 21.7 Å². The maximum absolute atomic E-state index is 5.21. The third kappa shape index (κ3) is 5.49. The molecule has 0 bridgehead atoms. The van der Waals surface area contributed by atoms with Crippen LogP contribution in [0.4, 0.5) is 0 Å². The van der Waals surface area contributed by atoms with E-state index >= 15 is 0 Å². The van der Waals surface area contributed by atoms with E-state index in [-0.39, 0.29) is 71.3 Å². The summed E-state index contributed by atoms with van der Waals surface area (Å²) in [6, 6.07) is 6.44. The fourth-order valence-corrected chi connectivity index (χ4v) is 2.15. The van der Waals surface area contributed by atoms with Crippen LogP contribution < -0.4 is 54.4 Å². The first-order chi connectivity index (χ1) is 6.13. The monoisotopic (exact) mass is 364 g/mol. The molecule has 0 heterocycles. The summed E-state index contributed by atoms with van der Waals surface area (Å²) in [6.45, 7) is 4.62. The summed E-state index contributed by atoms with van der Waals surface area (Å²) in [7, 11) is 1.72. The average Bonchev–Trinajstić information content (AvgIpc) is 2.42. The van der Waals surface area contributed by atoms with Crippen molar-refractivity contribution in [2.45, 2.75) is 32.1 Å². The fourth-order valence-electron chi connectivity index (χ4n) is 2.15. The number of ether oxygens (including phenoxy) is 1.